The van der Waals surface area contributed by atoms with Gasteiger partial charge in [-0.15, -0.1) is 11.3 Å². The molecule has 208 valence electrons. The molecule has 2 aromatic heterocycles. The Morgan fingerprint density at radius 2 is 1.61 bits per heavy atom. The van der Waals surface area contributed by atoms with Crippen molar-refractivity contribution in [3.8, 4) is 39.6 Å². The Morgan fingerprint density at radius 3 is 2.27 bits per heavy atom. The number of aryl methyl sites for hydroxylation is 1. The molecule has 0 saturated carbocycles. The zero-order valence-electron chi connectivity index (χ0n) is 23.0. The summed E-state index contributed by atoms with van der Waals surface area (Å²) >= 11 is 3.09. The Morgan fingerprint density at radius 1 is 0.927 bits per heavy atom. The van der Waals surface area contributed by atoms with Crippen molar-refractivity contribution in [2.24, 2.45) is 0 Å². The predicted octanol–water partition coefficient (Wildman–Crippen LogP) is 6.97. The third-order valence-electron chi connectivity index (χ3n) is 6.98. The Bertz CT molecular complexity index is 1560. The number of anilines is 1. The third-order valence-corrected chi connectivity index (χ3v) is 8.93. The van der Waals surface area contributed by atoms with Crippen molar-refractivity contribution in [3.05, 3.63) is 76.3 Å². The van der Waals surface area contributed by atoms with E-state index in [-0.39, 0.29) is 13.2 Å². The number of benzene rings is 2. The molecule has 2 aromatic carbocycles. The summed E-state index contributed by atoms with van der Waals surface area (Å²) in [5, 5.41) is 33.5. The average Bonchev–Trinajstić information content (AvgIpc) is 3.31. The van der Waals surface area contributed by atoms with Crippen molar-refractivity contribution >= 4 is 28.9 Å². The lowest BCUT2D eigenvalue weighted by atomic mass is 9.96. The number of pyridine rings is 1. The van der Waals surface area contributed by atoms with Crippen LogP contribution in [0.15, 0.2) is 58.9 Å². The minimum Gasteiger partial charge on any atom is -0.491 e. The second kappa shape index (κ2) is 13.6. The molecule has 4 aromatic rings. The van der Waals surface area contributed by atoms with Gasteiger partial charge >= 0.3 is 0 Å². The first kappa shape index (κ1) is 28.6. The SMILES string of the molecule is Cc1ccc(-c2nc(CSc3nc(N4CCCCCC4)c(C#N)c(-c4ccc(OCCO)cc4)c3C#N)cs2)cc1. The van der Waals surface area contributed by atoms with Crippen molar-refractivity contribution in [1.82, 2.24) is 9.97 Å². The van der Waals surface area contributed by atoms with Gasteiger partial charge in [-0.3, -0.25) is 0 Å². The molecule has 0 radical (unpaired) electrons. The van der Waals surface area contributed by atoms with Gasteiger partial charge in [0.1, 0.15) is 45.9 Å². The highest BCUT2D eigenvalue weighted by Gasteiger charge is 2.25. The maximum atomic E-state index is 10.4. The number of thioether (sulfide) groups is 1. The highest BCUT2D eigenvalue weighted by atomic mass is 32.2. The number of hydrogen-bond donors (Lipinski definition) is 1. The van der Waals surface area contributed by atoms with E-state index in [1.54, 1.807) is 23.5 Å². The van der Waals surface area contributed by atoms with Crippen LogP contribution in [0.1, 0.15) is 48.1 Å². The lowest BCUT2D eigenvalue weighted by Gasteiger charge is -2.25. The number of hydrogen-bond acceptors (Lipinski definition) is 9. The number of ether oxygens (including phenoxy) is 1. The minimum absolute atomic E-state index is 0.0749. The quantitative estimate of drug-likeness (QED) is 0.211. The Kier molecular flexibility index (Phi) is 9.53. The molecule has 0 aliphatic carbocycles. The summed E-state index contributed by atoms with van der Waals surface area (Å²) in [6, 6.07) is 20.4. The summed E-state index contributed by atoms with van der Waals surface area (Å²) in [6.45, 7) is 3.85. The van der Waals surface area contributed by atoms with Crippen LogP contribution in [0, 0.1) is 29.6 Å². The van der Waals surface area contributed by atoms with Crippen LogP contribution in [-0.2, 0) is 5.75 Å². The zero-order chi connectivity index (χ0) is 28.6. The van der Waals surface area contributed by atoms with E-state index >= 15 is 0 Å². The average molecular weight is 582 g/mol. The van der Waals surface area contributed by atoms with Crippen LogP contribution in [0.5, 0.6) is 5.75 Å². The molecule has 1 aliphatic heterocycles. The molecule has 0 atom stereocenters. The van der Waals surface area contributed by atoms with Crippen LogP contribution in [0.3, 0.4) is 0 Å². The molecule has 1 N–H and O–H groups in total. The van der Waals surface area contributed by atoms with Gasteiger partial charge in [0.25, 0.3) is 0 Å². The summed E-state index contributed by atoms with van der Waals surface area (Å²) in [5.41, 5.74) is 5.39. The van der Waals surface area contributed by atoms with Crippen LogP contribution in [0.4, 0.5) is 5.82 Å². The van der Waals surface area contributed by atoms with Gasteiger partial charge in [-0.25, -0.2) is 9.97 Å². The second-order valence-electron chi connectivity index (χ2n) is 9.89. The fourth-order valence-corrected chi connectivity index (χ4v) is 6.70. The van der Waals surface area contributed by atoms with Gasteiger partial charge in [0.15, 0.2) is 0 Å². The van der Waals surface area contributed by atoms with Crippen LogP contribution in [-0.4, -0.2) is 41.4 Å². The van der Waals surface area contributed by atoms with Gasteiger partial charge in [-0.05, 0) is 37.5 Å². The number of thiazole rings is 1. The first-order valence-corrected chi connectivity index (χ1v) is 15.6. The molecule has 7 nitrogen and oxygen atoms in total. The Labute approximate surface area is 249 Å². The number of nitrogens with zero attached hydrogens (tertiary/aromatic N) is 5. The molecule has 5 rings (SSSR count). The molecule has 1 saturated heterocycles. The van der Waals surface area contributed by atoms with Crippen LogP contribution >= 0.6 is 23.1 Å². The molecule has 0 unspecified atom stereocenters. The normalized spacial score (nSPS) is 13.3. The van der Waals surface area contributed by atoms with E-state index < -0.39 is 0 Å². The van der Waals surface area contributed by atoms with Gasteiger partial charge in [0.2, 0.25) is 0 Å². The highest BCUT2D eigenvalue weighted by molar-refractivity contribution is 7.98. The van der Waals surface area contributed by atoms with Gasteiger partial charge < -0.3 is 14.7 Å². The highest BCUT2D eigenvalue weighted by Crippen LogP contribution is 2.40. The van der Waals surface area contributed by atoms with Crippen LogP contribution in [0.25, 0.3) is 21.7 Å². The molecular weight excluding hydrogens is 551 g/mol. The number of aromatic nitrogens is 2. The van der Waals surface area contributed by atoms with E-state index in [2.05, 4.69) is 53.6 Å². The van der Waals surface area contributed by atoms with E-state index in [1.165, 1.54) is 17.3 Å². The smallest absolute Gasteiger partial charge is 0.148 e. The molecule has 3 heterocycles. The van der Waals surface area contributed by atoms with Crippen molar-refractivity contribution in [2.75, 3.05) is 31.2 Å². The summed E-state index contributed by atoms with van der Waals surface area (Å²) in [6.07, 6.45) is 4.40. The summed E-state index contributed by atoms with van der Waals surface area (Å²) in [4.78, 5) is 12.0. The monoisotopic (exact) mass is 581 g/mol. The number of aliphatic hydroxyl groups excluding tert-OH is 1. The van der Waals surface area contributed by atoms with Gasteiger partial charge in [0, 0.05) is 35.3 Å². The van der Waals surface area contributed by atoms with Crippen LogP contribution in [0.2, 0.25) is 0 Å². The fourth-order valence-electron chi connectivity index (χ4n) is 4.89. The van der Waals surface area contributed by atoms with Crippen molar-refractivity contribution in [3.63, 3.8) is 0 Å². The van der Waals surface area contributed by atoms with Gasteiger partial charge in [0.05, 0.1) is 17.9 Å². The Balaban J connectivity index is 1.53. The molecule has 41 heavy (non-hydrogen) atoms. The van der Waals surface area contributed by atoms with Crippen molar-refractivity contribution < 1.29 is 9.84 Å². The number of rotatable bonds is 9. The fraction of sp³-hybridized carbons (Fsp3) is 0.312. The molecule has 1 aliphatic rings. The first-order chi connectivity index (χ1) is 20.1. The zero-order valence-corrected chi connectivity index (χ0v) is 24.6. The Hall–Kier alpha value is -3.89. The van der Waals surface area contributed by atoms with E-state index in [0.29, 0.717) is 39.0 Å². The van der Waals surface area contributed by atoms with E-state index in [1.807, 2.05) is 12.1 Å². The molecule has 1 fully saturated rings. The molecule has 0 amide bonds. The summed E-state index contributed by atoms with van der Waals surface area (Å²) in [5.74, 6) is 1.82. The molecule has 9 heteroatoms. The first-order valence-electron chi connectivity index (χ1n) is 13.7. The number of aliphatic hydroxyl groups is 1. The molecular formula is C32H31N5O2S2. The summed E-state index contributed by atoms with van der Waals surface area (Å²) in [7, 11) is 0. The lowest BCUT2D eigenvalue weighted by molar-refractivity contribution is 0.201. The van der Waals surface area contributed by atoms with Gasteiger partial charge in [-0.1, -0.05) is 66.6 Å². The minimum atomic E-state index is -0.0749. The predicted molar refractivity (Wildman–Crippen MR) is 164 cm³/mol. The molecule has 0 bridgehead atoms. The third kappa shape index (κ3) is 6.71. The van der Waals surface area contributed by atoms with E-state index in [9.17, 15) is 10.5 Å². The molecule has 0 spiro atoms. The summed E-state index contributed by atoms with van der Waals surface area (Å²) < 4.78 is 5.53. The van der Waals surface area contributed by atoms with Gasteiger partial charge in [-0.2, -0.15) is 10.5 Å². The van der Waals surface area contributed by atoms with Crippen LogP contribution < -0.4 is 9.64 Å². The topological polar surface area (TPSA) is 106 Å². The standard InChI is InChI=1S/C32H31N5O2S2/c1-22-6-8-24(9-7-22)31-35-25(20-40-31)21-41-32-28(19-34)29(23-10-12-26(13-11-23)39-17-16-38)27(18-33)30(36-32)37-14-4-2-3-5-15-37/h6-13,20,38H,2-5,14-17,21H2,1H3. The van der Waals surface area contributed by atoms with Crippen molar-refractivity contribution in [1.29, 1.82) is 10.5 Å². The second-order valence-corrected chi connectivity index (χ2v) is 11.7. The number of nitriles is 2. The maximum absolute atomic E-state index is 10.4. The van der Waals surface area contributed by atoms with E-state index in [0.717, 1.165) is 60.6 Å². The van der Waals surface area contributed by atoms with Crippen molar-refractivity contribution in [2.45, 2.75) is 43.4 Å². The maximum Gasteiger partial charge on any atom is 0.148 e. The largest absolute Gasteiger partial charge is 0.491 e. The lowest BCUT2D eigenvalue weighted by Crippen LogP contribution is -2.26. The van der Waals surface area contributed by atoms with E-state index in [4.69, 9.17) is 19.8 Å².